The quantitative estimate of drug-likeness (QED) is 0.795. The lowest BCUT2D eigenvalue weighted by Gasteiger charge is -2.11. The van der Waals surface area contributed by atoms with Gasteiger partial charge < -0.3 is 10.1 Å². The molecule has 2 heterocycles. The average molecular weight is 275 g/mol. The van der Waals surface area contributed by atoms with E-state index in [4.69, 9.17) is 0 Å². The number of methoxy groups -OCH3 is 1. The van der Waals surface area contributed by atoms with Crippen LogP contribution in [0.25, 0.3) is 5.65 Å². The first-order valence-corrected chi connectivity index (χ1v) is 5.89. The third-order valence-electron chi connectivity index (χ3n) is 2.76. The molecule has 7 heteroatoms. The van der Waals surface area contributed by atoms with Crippen LogP contribution in [0, 0.1) is 0 Å². The molecule has 0 fully saturated rings. The summed E-state index contributed by atoms with van der Waals surface area (Å²) in [7, 11) is 1.22. The number of hydrogen-bond donors (Lipinski definition) is 1. The molecule has 7 nitrogen and oxygen atoms in total. The molecule has 0 spiro atoms. The number of carbonyl (C=O) groups excluding carboxylic acids is 2. The molecule has 0 aliphatic heterocycles. The van der Waals surface area contributed by atoms with Gasteiger partial charge in [-0.25, -0.2) is 9.78 Å². The van der Waals surface area contributed by atoms with E-state index < -0.39 is 23.5 Å². The average Bonchev–Trinajstić information content (AvgIpc) is 2.46. The molecule has 0 aromatic carbocycles. The van der Waals surface area contributed by atoms with Crippen molar-refractivity contribution >= 4 is 17.5 Å². The van der Waals surface area contributed by atoms with Gasteiger partial charge >= 0.3 is 5.97 Å². The van der Waals surface area contributed by atoms with E-state index in [1.54, 1.807) is 18.2 Å². The minimum atomic E-state index is -0.844. The first-order valence-electron chi connectivity index (χ1n) is 5.89. The second-order valence-corrected chi connectivity index (χ2v) is 4.12. The Balaban J connectivity index is 2.34. The predicted octanol–water partition coefficient (Wildman–Crippen LogP) is -0.0142. The van der Waals surface area contributed by atoms with E-state index in [9.17, 15) is 14.4 Å². The monoisotopic (exact) mass is 275 g/mol. The largest absolute Gasteiger partial charge is 0.467 e. The molecule has 1 atom stereocenters. The second-order valence-electron chi connectivity index (χ2n) is 4.12. The molecule has 20 heavy (non-hydrogen) atoms. The van der Waals surface area contributed by atoms with Crippen LogP contribution in [0.1, 0.15) is 17.3 Å². The number of esters is 1. The van der Waals surface area contributed by atoms with Gasteiger partial charge in [0.1, 0.15) is 17.3 Å². The van der Waals surface area contributed by atoms with Crippen LogP contribution in [0.5, 0.6) is 0 Å². The third kappa shape index (κ3) is 2.51. The summed E-state index contributed by atoms with van der Waals surface area (Å²) in [4.78, 5) is 39.4. The zero-order valence-electron chi connectivity index (χ0n) is 11.0. The predicted molar refractivity (Wildman–Crippen MR) is 70.4 cm³/mol. The summed E-state index contributed by atoms with van der Waals surface area (Å²) in [6.07, 6.45) is 2.71. The standard InChI is InChI=1S/C13H13N3O4/c1-8(13(19)20-2)15-11(17)9-7-14-10-5-3-4-6-16(10)12(9)18/h3-8H,1-2H3,(H,15,17). The Bertz CT molecular complexity index is 723. The highest BCUT2D eigenvalue weighted by molar-refractivity contribution is 5.96. The van der Waals surface area contributed by atoms with Crippen molar-refractivity contribution in [2.75, 3.05) is 7.11 Å². The van der Waals surface area contributed by atoms with Crippen molar-refractivity contribution < 1.29 is 14.3 Å². The highest BCUT2D eigenvalue weighted by Crippen LogP contribution is 1.98. The molecule has 0 saturated heterocycles. The van der Waals surface area contributed by atoms with Crippen LogP contribution >= 0.6 is 0 Å². The van der Waals surface area contributed by atoms with E-state index in [1.807, 2.05) is 0 Å². The van der Waals surface area contributed by atoms with Crippen LogP contribution in [0.4, 0.5) is 0 Å². The fourth-order valence-electron chi connectivity index (χ4n) is 1.69. The molecule has 1 N–H and O–H groups in total. The van der Waals surface area contributed by atoms with Crippen LogP contribution in [0.3, 0.4) is 0 Å². The number of ether oxygens (including phenoxy) is 1. The first kappa shape index (κ1) is 13.7. The minimum Gasteiger partial charge on any atom is -0.467 e. The lowest BCUT2D eigenvalue weighted by Crippen LogP contribution is -2.41. The maximum atomic E-state index is 12.1. The molecule has 2 aromatic rings. The molecule has 0 saturated carbocycles. The molecule has 104 valence electrons. The van der Waals surface area contributed by atoms with Gasteiger partial charge in [-0.1, -0.05) is 6.07 Å². The Morgan fingerprint density at radius 1 is 1.40 bits per heavy atom. The topological polar surface area (TPSA) is 89.8 Å². The lowest BCUT2D eigenvalue weighted by atomic mass is 10.2. The number of nitrogens with one attached hydrogen (secondary N) is 1. The van der Waals surface area contributed by atoms with E-state index >= 15 is 0 Å². The Morgan fingerprint density at radius 2 is 2.15 bits per heavy atom. The molecule has 0 aliphatic rings. The van der Waals surface area contributed by atoms with Crippen molar-refractivity contribution in [2.45, 2.75) is 13.0 Å². The zero-order valence-corrected chi connectivity index (χ0v) is 11.0. The molecule has 2 rings (SSSR count). The normalized spacial score (nSPS) is 11.9. The molecule has 1 amide bonds. The summed E-state index contributed by atoms with van der Waals surface area (Å²) in [5.74, 6) is -1.26. The summed E-state index contributed by atoms with van der Waals surface area (Å²) in [6, 6.07) is 4.21. The molecule has 0 radical (unpaired) electrons. The Labute approximate surface area is 114 Å². The lowest BCUT2D eigenvalue weighted by molar-refractivity contribution is -0.142. The van der Waals surface area contributed by atoms with Gasteiger partial charge in [0, 0.05) is 12.4 Å². The molecular formula is C13H13N3O4. The molecule has 1 unspecified atom stereocenters. The Hall–Kier alpha value is -2.70. The maximum absolute atomic E-state index is 12.1. The number of hydrogen-bond acceptors (Lipinski definition) is 5. The number of aromatic nitrogens is 2. The number of nitrogens with zero attached hydrogens (tertiary/aromatic N) is 2. The van der Waals surface area contributed by atoms with Gasteiger partial charge in [0.25, 0.3) is 11.5 Å². The number of fused-ring (bicyclic) bond motifs is 1. The van der Waals surface area contributed by atoms with Crippen molar-refractivity contribution in [2.24, 2.45) is 0 Å². The summed E-state index contributed by atoms with van der Waals surface area (Å²) in [6.45, 7) is 1.47. The van der Waals surface area contributed by atoms with Crippen LogP contribution in [0.2, 0.25) is 0 Å². The maximum Gasteiger partial charge on any atom is 0.328 e. The van der Waals surface area contributed by atoms with Crippen molar-refractivity contribution in [1.29, 1.82) is 0 Å². The first-order chi connectivity index (χ1) is 9.54. The van der Waals surface area contributed by atoms with Gasteiger partial charge in [0.05, 0.1) is 7.11 Å². The summed E-state index contributed by atoms with van der Waals surface area (Å²) >= 11 is 0. The highest BCUT2D eigenvalue weighted by Gasteiger charge is 2.19. The van der Waals surface area contributed by atoms with E-state index in [0.29, 0.717) is 5.65 Å². The fourth-order valence-corrected chi connectivity index (χ4v) is 1.69. The smallest absolute Gasteiger partial charge is 0.328 e. The summed E-state index contributed by atoms with van der Waals surface area (Å²) < 4.78 is 5.76. The Morgan fingerprint density at radius 3 is 2.85 bits per heavy atom. The van der Waals surface area contributed by atoms with E-state index in [-0.39, 0.29) is 5.56 Å². The van der Waals surface area contributed by atoms with E-state index in [1.165, 1.54) is 30.8 Å². The second kappa shape index (κ2) is 5.52. The van der Waals surface area contributed by atoms with Crippen molar-refractivity contribution in [3.05, 3.63) is 46.5 Å². The van der Waals surface area contributed by atoms with E-state index in [2.05, 4.69) is 15.0 Å². The fraction of sp³-hybridized carbons (Fsp3) is 0.231. The van der Waals surface area contributed by atoms with Gasteiger partial charge in [0.15, 0.2) is 0 Å². The van der Waals surface area contributed by atoms with Gasteiger partial charge in [-0.3, -0.25) is 14.0 Å². The minimum absolute atomic E-state index is 0.135. The van der Waals surface area contributed by atoms with Gasteiger partial charge in [-0.05, 0) is 19.1 Å². The van der Waals surface area contributed by atoms with E-state index in [0.717, 1.165) is 0 Å². The van der Waals surface area contributed by atoms with Crippen LogP contribution < -0.4 is 10.9 Å². The molecule has 2 aromatic heterocycles. The third-order valence-corrected chi connectivity index (χ3v) is 2.76. The van der Waals surface area contributed by atoms with Gasteiger partial charge in [0.2, 0.25) is 0 Å². The summed E-state index contributed by atoms with van der Waals surface area (Å²) in [5, 5.41) is 2.39. The van der Waals surface area contributed by atoms with Crippen LogP contribution in [0.15, 0.2) is 35.4 Å². The molecule has 0 bridgehead atoms. The van der Waals surface area contributed by atoms with Crippen molar-refractivity contribution in [1.82, 2.24) is 14.7 Å². The summed E-state index contributed by atoms with van der Waals surface area (Å²) in [5.41, 5.74) is -0.190. The molecular weight excluding hydrogens is 262 g/mol. The zero-order chi connectivity index (χ0) is 14.7. The number of pyridine rings is 1. The number of carbonyl (C=O) groups is 2. The van der Waals surface area contributed by atoms with Gasteiger partial charge in [-0.2, -0.15) is 0 Å². The van der Waals surface area contributed by atoms with Crippen molar-refractivity contribution in [3.63, 3.8) is 0 Å². The number of amides is 1. The number of rotatable bonds is 3. The van der Waals surface area contributed by atoms with Crippen LogP contribution in [-0.4, -0.2) is 34.4 Å². The SMILES string of the molecule is COC(=O)C(C)NC(=O)c1cnc2ccccn2c1=O. The Kier molecular flexibility index (Phi) is 3.79. The van der Waals surface area contributed by atoms with Crippen LogP contribution in [-0.2, 0) is 9.53 Å². The highest BCUT2D eigenvalue weighted by atomic mass is 16.5. The molecule has 0 aliphatic carbocycles. The van der Waals surface area contributed by atoms with Crippen molar-refractivity contribution in [3.8, 4) is 0 Å². The van der Waals surface area contributed by atoms with Gasteiger partial charge in [-0.15, -0.1) is 0 Å².